The molecule has 0 aromatic rings. The number of hydrogen-bond donors (Lipinski definition) is 1. The van der Waals surface area contributed by atoms with Gasteiger partial charge >= 0.3 is 0 Å². The summed E-state index contributed by atoms with van der Waals surface area (Å²) in [6.45, 7) is 13.5. The third-order valence-electron chi connectivity index (χ3n) is 4.17. The van der Waals surface area contributed by atoms with Crippen molar-refractivity contribution in [2.45, 2.75) is 33.7 Å². The van der Waals surface area contributed by atoms with Gasteiger partial charge in [0.2, 0.25) is 5.91 Å². The molecule has 11 heteroatoms. The largest absolute Gasteiger partial charge is 0.379 e. The van der Waals surface area contributed by atoms with Crippen LogP contribution in [-0.4, -0.2) is 97.8 Å². The van der Waals surface area contributed by atoms with Gasteiger partial charge in [0, 0.05) is 17.5 Å². The highest BCUT2D eigenvalue weighted by molar-refractivity contribution is 5.77. The molecular formula is C20H40N4O7. The summed E-state index contributed by atoms with van der Waals surface area (Å²) in [6, 6.07) is 0.0791. The number of ether oxygens (including phenoxy) is 6. The zero-order chi connectivity index (χ0) is 23.2. The molecule has 0 radical (unpaired) electrons. The van der Waals surface area contributed by atoms with Crippen molar-refractivity contribution < 1.29 is 33.2 Å². The van der Waals surface area contributed by atoms with E-state index in [0.717, 1.165) is 0 Å². The molecule has 0 heterocycles. The highest BCUT2D eigenvalue weighted by Crippen LogP contribution is 2.18. The molecule has 1 N–H and O–H groups in total. The van der Waals surface area contributed by atoms with E-state index in [2.05, 4.69) is 36.1 Å². The fourth-order valence-corrected chi connectivity index (χ4v) is 1.91. The zero-order valence-corrected chi connectivity index (χ0v) is 19.5. The molecule has 0 aliphatic carbocycles. The summed E-state index contributed by atoms with van der Waals surface area (Å²) in [5, 5.41) is 6.28. The highest BCUT2D eigenvalue weighted by atomic mass is 16.6. The first-order valence-corrected chi connectivity index (χ1v) is 10.6. The van der Waals surface area contributed by atoms with Crippen molar-refractivity contribution in [3.63, 3.8) is 0 Å². The molecule has 0 fully saturated rings. The number of nitrogens with one attached hydrogen (secondary N) is 1. The monoisotopic (exact) mass is 448 g/mol. The number of carbonyl (C=O) groups excluding carboxylic acids is 1. The maximum absolute atomic E-state index is 11.8. The van der Waals surface area contributed by atoms with E-state index < -0.39 is 0 Å². The van der Waals surface area contributed by atoms with Crippen LogP contribution in [0.15, 0.2) is 5.11 Å². The Bertz CT molecular complexity index is 483. The van der Waals surface area contributed by atoms with E-state index in [1.807, 2.05) is 6.92 Å². The van der Waals surface area contributed by atoms with E-state index in [0.29, 0.717) is 79.2 Å². The molecule has 182 valence electrons. The van der Waals surface area contributed by atoms with Gasteiger partial charge in [0.15, 0.2) is 0 Å². The van der Waals surface area contributed by atoms with Crippen LogP contribution in [0.4, 0.5) is 0 Å². The van der Waals surface area contributed by atoms with Crippen molar-refractivity contribution in [3.05, 3.63) is 10.4 Å². The van der Waals surface area contributed by atoms with Crippen LogP contribution in [-0.2, 0) is 33.2 Å². The first kappa shape index (κ1) is 29.5. The number of amides is 1. The van der Waals surface area contributed by atoms with E-state index in [9.17, 15) is 4.79 Å². The number of carbonyl (C=O) groups is 1. The summed E-state index contributed by atoms with van der Waals surface area (Å²) >= 11 is 0. The van der Waals surface area contributed by atoms with Crippen LogP contribution in [0.1, 0.15) is 27.7 Å². The standard InChI is InChI=1S/C20H40N4O7/c1-18(20(2,3)4)23-19(25)17-31-16-15-30-14-13-29-12-11-28-10-9-27-8-7-26-6-5-22-24-21/h18H,5-17H2,1-4H3,(H,23,25)/t18-/m0/s1. The Kier molecular flexibility index (Phi) is 19.5. The molecule has 0 aliphatic heterocycles. The molecule has 0 spiro atoms. The lowest BCUT2D eigenvalue weighted by Crippen LogP contribution is -2.43. The van der Waals surface area contributed by atoms with Crippen molar-refractivity contribution in [2.75, 3.05) is 85.8 Å². The molecule has 0 saturated heterocycles. The predicted octanol–water partition coefficient (Wildman–Crippen LogP) is 1.95. The van der Waals surface area contributed by atoms with Gasteiger partial charge in [-0.25, -0.2) is 0 Å². The number of nitrogens with zero attached hydrogens (tertiary/aromatic N) is 3. The minimum atomic E-state index is -0.119. The maximum Gasteiger partial charge on any atom is 0.246 e. The SMILES string of the molecule is C[C@H](NC(=O)COCCOCCOCCOCCOCCOCCN=[N+]=[N-])C(C)(C)C. The molecule has 0 unspecified atom stereocenters. The van der Waals surface area contributed by atoms with Crippen LogP contribution in [0.3, 0.4) is 0 Å². The Morgan fingerprint density at radius 3 is 1.58 bits per heavy atom. The summed E-state index contributed by atoms with van der Waals surface area (Å²) in [4.78, 5) is 14.4. The fourth-order valence-electron chi connectivity index (χ4n) is 1.91. The van der Waals surface area contributed by atoms with Gasteiger partial charge < -0.3 is 33.7 Å². The average Bonchev–Trinajstić information content (AvgIpc) is 2.71. The molecule has 0 bridgehead atoms. The summed E-state index contributed by atoms with van der Waals surface area (Å²) in [5.74, 6) is -0.119. The van der Waals surface area contributed by atoms with Crippen LogP contribution in [0.25, 0.3) is 10.4 Å². The number of azide groups is 1. The van der Waals surface area contributed by atoms with Crippen molar-refractivity contribution >= 4 is 5.91 Å². The molecule has 1 amide bonds. The zero-order valence-electron chi connectivity index (χ0n) is 19.5. The average molecular weight is 449 g/mol. The minimum Gasteiger partial charge on any atom is -0.379 e. The van der Waals surface area contributed by atoms with Crippen LogP contribution in [0.5, 0.6) is 0 Å². The van der Waals surface area contributed by atoms with Gasteiger partial charge in [0.05, 0.1) is 72.7 Å². The summed E-state index contributed by atoms with van der Waals surface area (Å²) in [5.41, 5.74) is 8.11. The lowest BCUT2D eigenvalue weighted by molar-refractivity contribution is -0.127. The van der Waals surface area contributed by atoms with Crippen LogP contribution < -0.4 is 5.32 Å². The van der Waals surface area contributed by atoms with Crippen LogP contribution >= 0.6 is 0 Å². The quantitative estimate of drug-likeness (QED) is 0.123. The first-order valence-electron chi connectivity index (χ1n) is 10.6. The van der Waals surface area contributed by atoms with Crippen LogP contribution in [0, 0.1) is 5.41 Å². The van der Waals surface area contributed by atoms with Gasteiger partial charge in [-0.05, 0) is 17.9 Å². The van der Waals surface area contributed by atoms with Crippen molar-refractivity contribution in [1.82, 2.24) is 5.32 Å². The third kappa shape index (κ3) is 21.6. The van der Waals surface area contributed by atoms with Gasteiger partial charge in [0.25, 0.3) is 0 Å². The molecular weight excluding hydrogens is 408 g/mol. The van der Waals surface area contributed by atoms with Crippen molar-refractivity contribution in [3.8, 4) is 0 Å². The Hall–Kier alpha value is -1.46. The molecule has 0 aromatic carbocycles. The van der Waals surface area contributed by atoms with E-state index in [1.54, 1.807) is 0 Å². The Morgan fingerprint density at radius 2 is 1.19 bits per heavy atom. The van der Waals surface area contributed by atoms with Crippen molar-refractivity contribution in [1.29, 1.82) is 0 Å². The van der Waals surface area contributed by atoms with Gasteiger partial charge in [-0.15, -0.1) is 0 Å². The smallest absolute Gasteiger partial charge is 0.246 e. The third-order valence-corrected chi connectivity index (χ3v) is 4.17. The van der Waals surface area contributed by atoms with E-state index >= 15 is 0 Å². The second-order valence-electron chi connectivity index (χ2n) is 7.72. The first-order chi connectivity index (χ1) is 14.9. The minimum absolute atomic E-state index is 0.0171. The van der Waals surface area contributed by atoms with Gasteiger partial charge in [-0.1, -0.05) is 25.9 Å². The predicted molar refractivity (Wildman–Crippen MR) is 116 cm³/mol. The Labute approximate surface area is 185 Å². The number of rotatable bonds is 21. The second kappa shape index (κ2) is 20.4. The van der Waals surface area contributed by atoms with E-state index in [4.69, 9.17) is 34.0 Å². The Morgan fingerprint density at radius 1 is 0.806 bits per heavy atom. The Balaban J connectivity index is 3.22. The molecule has 11 nitrogen and oxygen atoms in total. The van der Waals surface area contributed by atoms with Gasteiger partial charge in [0.1, 0.15) is 6.61 Å². The lowest BCUT2D eigenvalue weighted by atomic mass is 9.88. The molecule has 0 aromatic heterocycles. The van der Waals surface area contributed by atoms with Gasteiger partial charge in [-0.2, -0.15) is 0 Å². The molecule has 0 aliphatic rings. The summed E-state index contributed by atoms with van der Waals surface area (Å²) in [7, 11) is 0. The molecule has 0 rings (SSSR count). The normalized spacial score (nSPS) is 12.4. The molecule has 0 saturated carbocycles. The second-order valence-corrected chi connectivity index (χ2v) is 7.72. The topological polar surface area (TPSA) is 133 Å². The number of hydrogen-bond acceptors (Lipinski definition) is 8. The van der Waals surface area contributed by atoms with E-state index in [-0.39, 0.29) is 24.0 Å². The lowest BCUT2D eigenvalue weighted by Gasteiger charge is -2.28. The molecule has 1 atom stereocenters. The van der Waals surface area contributed by atoms with Crippen molar-refractivity contribution in [2.24, 2.45) is 10.5 Å². The van der Waals surface area contributed by atoms with Crippen LogP contribution in [0.2, 0.25) is 0 Å². The summed E-state index contributed by atoms with van der Waals surface area (Å²) in [6.07, 6.45) is 0. The summed E-state index contributed by atoms with van der Waals surface area (Å²) < 4.78 is 32.0. The van der Waals surface area contributed by atoms with Gasteiger partial charge in [-0.3, -0.25) is 4.79 Å². The maximum atomic E-state index is 11.8. The van der Waals surface area contributed by atoms with E-state index in [1.165, 1.54) is 0 Å². The molecule has 31 heavy (non-hydrogen) atoms. The highest BCUT2D eigenvalue weighted by Gasteiger charge is 2.21. The fraction of sp³-hybridized carbons (Fsp3) is 0.950.